The smallest absolute Gasteiger partial charge is 0.309 e. The summed E-state index contributed by atoms with van der Waals surface area (Å²) in [6.07, 6.45) is 5.92. The number of furan rings is 1. The van der Waals surface area contributed by atoms with Gasteiger partial charge in [0.25, 0.3) is 5.91 Å². The highest BCUT2D eigenvalue weighted by Crippen LogP contribution is 2.45. The zero-order chi connectivity index (χ0) is 27.7. The molecule has 2 aliphatic rings. The van der Waals surface area contributed by atoms with Crippen molar-refractivity contribution in [2.24, 2.45) is 5.41 Å². The largest absolute Gasteiger partial charge is 0.760 e. The molecule has 2 heterocycles. The fourth-order valence-corrected chi connectivity index (χ4v) is 6.30. The van der Waals surface area contributed by atoms with Crippen molar-refractivity contribution in [2.45, 2.75) is 70.8 Å². The van der Waals surface area contributed by atoms with Gasteiger partial charge >= 0.3 is 5.97 Å². The number of aryl methyl sites for hydroxylation is 1. The van der Waals surface area contributed by atoms with Crippen LogP contribution in [0.4, 0.5) is 0 Å². The van der Waals surface area contributed by atoms with Crippen molar-refractivity contribution in [2.75, 3.05) is 13.6 Å². The molecule has 208 valence electrons. The van der Waals surface area contributed by atoms with Gasteiger partial charge in [0.1, 0.15) is 5.76 Å². The molecule has 1 atom stereocenters. The summed E-state index contributed by atoms with van der Waals surface area (Å²) in [5.74, 6) is -0.382. The molecule has 2 aliphatic carbocycles. The molecular weight excluding hydrogens is 518 g/mol. The van der Waals surface area contributed by atoms with Gasteiger partial charge in [-0.3, -0.25) is 13.8 Å². The Kier molecular flexibility index (Phi) is 7.89. The van der Waals surface area contributed by atoms with E-state index < -0.39 is 22.7 Å². The van der Waals surface area contributed by atoms with E-state index in [0.29, 0.717) is 48.1 Å². The maximum atomic E-state index is 13.0. The summed E-state index contributed by atoms with van der Waals surface area (Å²) in [7, 11) is 1.57. The number of hydrogen-bond acceptors (Lipinski definition) is 6. The van der Waals surface area contributed by atoms with Crippen LogP contribution in [-0.4, -0.2) is 48.6 Å². The van der Waals surface area contributed by atoms with Gasteiger partial charge in [-0.05, 0) is 63.0 Å². The summed E-state index contributed by atoms with van der Waals surface area (Å²) in [6.45, 7) is 2.26. The predicted molar refractivity (Wildman–Crippen MR) is 147 cm³/mol. The Hall–Kier alpha value is -3.08. The summed E-state index contributed by atoms with van der Waals surface area (Å²) >= 11 is -2.50. The second-order valence-electron chi connectivity index (χ2n) is 10.9. The molecule has 1 unspecified atom stereocenters. The Morgan fingerprint density at radius 3 is 2.51 bits per heavy atom. The van der Waals surface area contributed by atoms with Crippen molar-refractivity contribution in [3.05, 3.63) is 52.7 Å². The summed E-state index contributed by atoms with van der Waals surface area (Å²) in [5, 5.41) is 13.1. The molecule has 2 aromatic heterocycles. The first kappa shape index (κ1) is 27.5. The molecule has 9 nitrogen and oxygen atoms in total. The van der Waals surface area contributed by atoms with E-state index in [1.54, 1.807) is 7.05 Å². The fraction of sp³-hybridized carbons (Fsp3) is 0.483. The first-order chi connectivity index (χ1) is 18.7. The number of nitrogens with zero attached hydrogens (tertiary/aromatic N) is 2. The molecule has 1 aromatic carbocycles. The maximum Gasteiger partial charge on any atom is 0.309 e. The number of benzene rings is 1. The van der Waals surface area contributed by atoms with Gasteiger partial charge in [0.15, 0.2) is 0 Å². The fourth-order valence-electron chi connectivity index (χ4n) is 5.80. The summed E-state index contributed by atoms with van der Waals surface area (Å²) < 4.78 is 31.9. The zero-order valence-corrected chi connectivity index (χ0v) is 23.1. The third-order valence-corrected chi connectivity index (χ3v) is 8.93. The maximum absolute atomic E-state index is 13.0. The number of pyridine rings is 1. The minimum atomic E-state index is -2.50. The van der Waals surface area contributed by atoms with E-state index in [0.717, 1.165) is 42.4 Å². The first-order valence-corrected chi connectivity index (χ1v) is 14.6. The van der Waals surface area contributed by atoms with Gasteiger partial charge in [0, 0.05) is 30.4 Å². The third-order valence-electron chi connectivity index (χ3n) is 8.19. The topological polar surface area (TPSA) is 136 Å². The molecule has 0 radical (unpaired) electrons. The molecule has 0 bridgehead atoms. The first-order valence-electron chi connectivity index (χ1n) is 13.6. The van der Waals surface area contributed by atoms with Crippen LogP contribution in [0.3, 0.4) is 0 Å². The second-order valence-corrected chi connectivity index (χ2v) is 11.8. The number of carbonyl (C=O) groups is 2. The van der Waals surface area contributed by atoms with Gasteiger partial charge in [0.05, 0.1) is 28.6 Å². The lowest BCUT2D eigenvalue weighted by atomic mass is 9.81. The van der Waals surface area contributed by atoms with Crippen LogP contribution in [-0.2, 0) is 22.6 Å². The number of aliphatic carboxylic acids is 1. The molecule has 2 fully saturated rings. The average Bonchev–Trinajstić information content (AvgIpc) is 3.52. The predicted octanol–water partition coefficient (Wildman–Crippen LogP) is 5.06. The van der Waals surface area contributed by atoms with E-state index in [-0.39, 0.29) is 30.6 Å². The number of carboxylic acid groups (broad SMARTS) is 1. The van der Waals surface area contributed by atoms with Crippen molar-refractivity contribution in [3.63, 3.8) is 0 Å². The molecular formula is C29H34N3O6S-. The van der Waals surface area contributed by atoms with Gasteiger partial charge in [0.2, 0.25) is 5.71 Å². The van der Waals surface area contributed by atoms with Crippen LogP contribution in [0, 0.1) is 12.3 Å². The Labute approximate surface area is 230 Å². The zero-order valence-electron chi connectivity index (χ0n) is 22.3. The number of carboxylic acids is 1. The Morgan fingerprint density at radius 1 is 1.23 bits per heavy atom. The minimum Gasteiger partial charge on any atom is -0.760 e. The highest BCUT2D eigenvalue weighted by atomic mass is 32.2. The van der Waals surface area contributed by atoms with E-state index in [9.17, 15) is 23.5 Å². The standard InChI is InChI=1S/C29H35N3O6S/c1-18-6-8-20(9-7-18)25-24(26(33)30-2)22-16-21(19-10-11-19)23(31-27(22)38-25)17-32(39(36)37)15-5-14-29(28(34)35)12-3-4-13-29/h6-9,16,19H,3-5,10-15,17H2,1-2H3,(H,30,33)(H,34,35)(H,36,37)/p-1. The quantitative estimate of drug-likeness (QED) is 0.317. The number of nitrogens with one attached hydrogen (secondary N) is 1. The summed E-state index contributed by atoms with van der Waals surface area (Å²) in [6, 6.07) is 9.64. The normalized spacial score (nSPS) is 17.5. The van der Waals surface area contributed by atoms with Crippen LogP contribution < -0.4 is 5.32 Å². The Bertz CT molecular complexity index is 1410. The molecule has 0 spiro atoms. The summed E-state index contributed by atoms with van der Waals surface area (Å²) in [4.78, 5) is 29.6. The Morgan fingerprint density at radius 2 is 1.92 bits per heavy atom. The summed E-state index contributed by atoms with van der Waals surface area (Å²) in [5.41, 5.74) is 3.33. The van der Waals surface area contributed by atoms with Gasteiger partial charge < -0.3 is 19.4 Å². The van der Waals surface area contributed by atoms with Crippen LogP contribution in [0.1, 0.15) is 84.5 Å². The van der Waals surface area contributed by atoms with Crippen molar-refractivity contribution in [1.82, 2.24) is 14.6 Å². The second kappa shape index (κ2) is 11.2. The Balaban J connectivity index is 1.47. The van der Waals surface area contributed by atoms with Gasteiger partial charge in [-0.25, -0.2) is 9.29 Å². The lowest BCUT2D eigenvalue weighted by molar-refractivity contribution is -0.149. The molecule has 0 saturated heterocycles. The molecule has 1 amide bonds. The highest BCUT2D eigenvalue weighted by Gasteiger charge is 2.40. The van der Waals surface area contributed by atoms with Crippen LogP contribution in [0.25, 0.3) is 22.4 Å². The van der Waals surface area contributed by atoms with Crippen LogP contribution >= 0.6 is 0 Å². The highest BCUT2D eigenvalue weighted by molar-refractivity contribution is 7.76. The van der Waals surface area contributed by atoms with Crippen LogP contribution in [0.2, 0.25) is 0 Å². The van der Waals surface area contributed by atoms with Crippen molar-refractivity contribution >= 4 is 34.2 Å². The van der Waals surface area contributed by atoms with Crippen molar-refractivity contribution < 1.29 is 27.9 Å². The van der Waals surface area contributed by atoms with Crippen LogP contribution in [0.5, 0.6) is 0 Å². The molecule has 5 rings (SSSR count). The molecule has 10 heteroatoms. The van der Waals surface area contributed by atoms with E-state index >= 15 is 0 Å². The molecule has 3 aromatic rings. The van der Waals surface area contributed by atoms with E-state index in [1.807, 2.05) is 37.3 Å². The lowest BCUT2D eigenvalue weighted by Crippen LogP contribution is -2.31. The average molecular weight is 553 g/mol. The van der Waals surface area contributed by atoms with Crippen molar-refractivity contribution in [3.8, 4) is 11.3 Å². The number of carbonyl (C=O) groups excluding carboxylic acids is 1. The molecule has 0 aliphatic heterocycles. The number of amides is 1. The van der Waals surface area contributed by atoms with E-state index in [4.69, 9.17) is 9.40 Å². The van der Waals surface area contributed by atoms with Gasteiger partial charge in [-0.1, -0.05) is 42.7 Å². The SMILES string of the molecule is CNC(=O)c1c(-c2ccc(C)cc2)oc2nc(CN(CCCC3(C(=O)O)CCCC3)S(=O)[O-])c(C3CC3)cc12. The number of hydrogen-bond donors (Lipinski definition) is 2. The molecule has 2 N–H and O–H groups in total. The monoisotopic (exact) mass is 552 g/mol. The van der Waals surface area contributed by atoms with E-state index in [2.05, 4.69) is 5.32 Å². The van der Waals surface area contributed by atoms with E-state index in [1.165, 1.54) is 4.31 Å². The van der Waals surface area contributed by atoms with Crippen LogP contribution in [0.15, 0.2) is 34.7 Å². The minimum absolute atomic E-state index is 0.0633. The number of fused-ring (bicyclic) bond motifs is 1. The van der Waals surface area contributed by atoms with Gasteiger partial charge in [-0.15, -0.1) is 0 Å². The number of aromatic nitrogens is 1. The number of rotatable bonds is 11. The van der Waals surface area contributed by atoms with Gasteiger partial charge in [-0.2, -0.15) is 0 Å². The molecule has 2 saturated carbocycles. The lowest BCUT2D eigenvalue weighted by Gasteiger charge is -2.28. The third kappa shape index (κ3) is 5.64. The molecule has 39 heavy (non-hydrogen) atoms. The van der Waals surface area contributed by atoms with Crippen molar-refractivity contribution in [1.29, 1.82) is 0 Å².